The zero-order valence-corrected chi connectivity index (χ0v) is 17.8. The number of hydrogen-bond donors (Lipinski definition) is 2. The molecule has 8 heteroatoms. The molecular formula is C18H25IN4O3. The maximum atomic E-state index is 5.77. The predicted molar refractivity (Wildman–Crippen MR) is 110 cm³/mol. The molecule has 0 radical (unpaired) electrons. The van der Waals surface area contributed by atoms with Crippen LogP contribution < -0.4 is 20.1 Å². The van der Waals surface area contributed by atoms with E-state index >= 15 is 0 Å². The van der Waals surface area contributed by atoms with Gasteiger partial charge in [0.1, 0.15) is 5.76 Å². The van der Waals surface area contributed by atoms with E-state index in [2.05, 4.69) is 41.4 Å². The zero-order chi connectivity index (χ0) is 17.9. The molecule has 0 saturated heterocycles. The van der Waals surface area contributed by atoms with Crippen LogP contribution in [0.25, 0.3) is 0 Å². The van der Waals surface area contributed by atoms with E-state index in [1.807, 2.05) is 18.2 Å². The number of ether oxygens (including phenoxy) is 2. The van der Waals surface area contributed by atoms with Gasteiger partial charge in [0.2, 0.25) is 12.7 Å². The third-order valence-corrected chi connectivity index (χ3v) is 3.82. The predicted octanol–water partition coefficient (Wildman–Crippen LogP) is 3.18. The first-order valence-electron chi connectivity index (χ1n) is 8.24. The van der Waals surface area contributed by atoms with Crippen LogP contribution in [0.15, 0.2) is 33.8 Å². The number of nitrogens with one attached hydrogen (secondary N) is 2. The van der Waals surface area contributed by atoms with Crippen molar-refractivity contribution in [1.29, 1.82) is 0 Å². The number of hydrogen-bond acceptors (Lipinski definition) is 5. The van der Waals surface area contributed by atoms with E-state index in [0.29, 0.717) is 24.9 Å². The molecule has 0 aliphatic carbocycles. The van der Waals surface area contributed by atoms with Crippen LogP contribution in [0, 0.1) is 0 Å². The number of rotatable bonds is 4. The molecule has 2 aromatic rings. The average Bonchev–Trinajstić information content (AvgIpc) is 3.23. The van der Waals surface area contributed by atoms with Gasteiger partial charge in [-0.2, -0.15) is 0 Å². The van der Waals surface area contributed by atoms with Gasteiger partial charge in [-0.1, -0.05) is 26.8 Å². The Hall–Kier alpha value is -1.97. The summed E-state index contributed by atoms with van der Waals surface area (Å²) in [5, 5.41) is 6.46. The Morgan fingerprint density at radius 3 is 2.58 bits per heavy atom. The number of guanidine groups is 1. The van der Waals surface area contributed by atoms with Gasteiger partial charge in [-0.05, 0) is 17.7 Å². The average molecular weight is 472 g/mol. The molecule has 0 spiro atoms. The van der Waals surface area contributed by atoms with Gasteiger partial charge in [-0.15, -0.1) is 24.0 Å². The van der Waals surface area contributed by atoms with Crippen LogP contribution in [0.5, 0.6) is 11.5 Å². The number of oxazole rings is 1. The highest BCUT2D eigenvalue weighted by molar-refractivity contribution is 14.0. The molecule has 0 unspecified atom stereocenters. The van der Waals surface area contributed by atoms with Crippen LogP contribution in [0.4, 0.5) is 0 Å². The first-order chi connectivity index (χ1) is 12.0. The highest BCUT2D eigenvalue weighted by Gasteiger charge is 2.19. The van der Waals surface area contributed by atoms with Crippen molar-refractivity contribution in [1.82, 2.24) is 15.6 Å². The van der Waals surface area contributed by atoms with Gasteiger partial charge < -0.3 is 24.5 Å². The fourth-order valence-electron chi connectivity index (χ4n) is 2.36. The standard InChI is InChI=1S/C18H24N4O3.HI/c1-18(2,3)15-9-20-16(25-15)10-22-17(19-4)21-8-12-5-6-13-14(7-12)24-11-23-13;/h5-7,9H,8,10-11H2,1-4H3,(H2,19,21,22);1H. The molecule has 142 valence electrons. The van der Waals surface area contributed by atoms with Crippen molar-refractivity contribution in [2.75, 3.05) is 13.8 Å². The lowest BCUT2D eigenvalue weighted by Crippen LogP contribution is -2.36. The molecule has 1 aliphatic rings. The molecule has 7 nitrogen and oxygen atoms in total. The maximum Gasteiger partial charge on any atom is 0.231 e. The van der Waals surface area contributed by atoms with Crippen molar-refractivity contribution in [2.45, 2.75) is 39.3 Å². The van der Waals surface area contributed by atoms with E-state index in [-0.39, 0.29) is 36.2 Å². The van der Waals surface area contributed by atoms with E-state index in [1.54, 1.807) is 13.2 Å². The second kappa shape index (κ2) is 8.61. The minimum atomic E-state index is -0.0511. The number of halogens is 1. The summed E-state index contributed by atoms with van der Waals surface area (Å²) in [7, 11) is 1.73. The smallest absolute Gasteiger partial charge is 0.231 e. The Bertz CT molecular complexity index is 768. The summed E-state index contributed by atoms with van der Waals surface area (Å²) in [6.45, 7) is 7.65. The van der Waals surface area contributed by atoms with E-state index in [0.717, 1.165) is 22.8 Å². The van der Waals surface area contributed by atoms with Crippen LogP contribution in [-0.4, -0.2) is 24.8 Å². The van der Waals surface area contributed by atoms with Crippen molar-refractivity contribution >= 4 is 29.9 Å². The molecule has 0 bridgehead atoms. The highest BCUT2D eigenvalue weighted by Crippen LogP contribution is 2.32. The van der Waals surface area contributed by atoms with E-state index in [1.165, 1.54) is 0 Å². The quantitative estimate of drug-likeness (QED) is 0.404. The first kappa shape index (κ1) is 20.3. The molecule has 2 heterocycles. The summed E-state index contributed by atoms with van der Waals surface area (Å²) in [5.41, 5.74) is 1.03. The minimum Gasteiger partial charge on any atom is -0.454 e. The van der Waals surface area contributed by atoms with Crippen molar-refractivity contribution in [3.63, 3.8) is 0 Å². The van der Waals surface area contributed by atoms with Crippen molar-refractivity contribution in [3.8, 4) is 11.5 Å². The minimum absolute atomic E-state index is 0. The summed E-state index contributed by atoms with van der Waals surface area (Å²) in [6, 6.07) is 5.88. The van der Waals surface area contributed by atoms with Gasteiger partial charge in [0, 0.05) is 19.0 Å². The van der Waals surface area contributed by atoms with E-state index in [4.69, 9.17) is 13.9 Å². The topological polar surface area (TPSA) is 80.9 Å². The van der Waals surface area contributed by atoms with Gasteiger partial charge in [0.15, 0.2) is 17.5 Å². The Morgan fingerprint density at radius 2 is 1.88 bits per heavy atom. The molecule has 0 saturated carbocycles. The largest absolute Gasteiger partial charge is 0.454 e. The lowest BCUT2D eigenvalue weighted by atomic mass is 9.94. The molecule has 1 aliphatic heterocycles. The second-order valence-electron chi connectivity index (χ2n) is 6.84. The lowest BCUT2D eigenvalue weighted by Gasteiger charge is -2.13. The van der Waals surface area contributed by atoms with Gasteiger partial charge in [0.25, 0.3) is 0 Å². The zero-order valence-electron chi connectivity index (χ0n) is 15.5. The summed E-state index contributed by atoms with van der Waals surface area (Å²) in [4.78, 5) is 8.52. The summed E-state index contributed by atoms with van der Waals surface area (Å²) in [6.07, 6.45) is 1.78. The molecular weight excluding hydrogens is 447 g/mol. The number of aliphatic imine (C=N–C) groups is 1. The van der Waals surface area contributed by atoms with Crippen molar-refractivity contribution in [2.24, 2.45) is 4.99 Å². The van der Waals surface area contributed by atoms with Gasteiger partial charge >= 0.3 is 0 Å². The van der Waals surface area contributed by atoms with Crippen LogP contribution in [0.1, 0.15) is 38.0 Å². The van der Waals surface area contributed by atoms with Crippen molar-refractivity contribution < 1.29 is 13.9 Å². The molecule has 1 aromatic carbocycles. The SMILES string of the molecule is CN=C(NCc1ccc2c(c1)OCO2)NCc1ncc(C(C)(C)C)o1.I. The highest BCUT2D eigenvalue weighted by atomic mass is 127. The van der Waals surface area contributed by atoms with Crippen LogP contribution >= 0.6 is 24.0 Å². The van der Waals surface area contributed by atoms with Gasteiger partial charge in [0.05, 0.1) is 12.7 Å². The fourth-order valence-corrected chi connectivity index (χ4v) is 2.36. The fraction of sp³-hybridized carbons (Fsp3) is 0.444. The normalized spacial score (nSPS) is 13.3. The molecule has 2 N–H and O–H groups in total. The second-order valence-corrected chi connectivity index (χ2v) is 6.84. The molecule has 26 heavy (non-hydrogen) atoms. The Labute approximate surface area is 170 Å². The monoisotopic (exact) mass is 472 g/mol. The van der Waals surface area contributed by atoms with E-state index in [9.17, 15) is 0 Å². The van der Waals surface area contributed by atoms with Crippen LogP contribution in [-0.2, 0) is 18.5 Å². The van der Waals surface area contributed by atoms with Crippen LogP contribution in [0.3, 0.4) is 0 Å². The number of benzene rings is 1. The molecule has 0 fully saturated rings. The van der Waals surface area contributed by atoms with Gasteiger partial charge in [-0.3, -0.25) is 4.99 Å². The van der Waals surface area contributed by atoms with Crippen LogP contribution in [0.2, 0.25) is 0 Å². The third kappa shape index (κ3) is 5.03. The number of aromatic nitrogens is 1. The first-order valence-corrected chi connectivity index (χ1v) is 8.24. The maximum absolute atomic E-state index is 5.77. The van der Waals surface area contributed by atoms with Crippen molar-refractivity contribution in [3.05, 3.63) is 41.6 Å². The molecule has 1 aromatic heterocycles. The lowest BCUT2D eigenvalue weighted by molar-refractivity contribution is 0.174. The summed E-state index contributed by atoms with van der Waals surface area (Å²) < 4.78 is 16.5. The number of nitrogens with zero attached hydrogens (tertiary/aromatic N) is 2. The molecule has 0 atom stereocenters. The Morgan fingerprint density at radius 1 is 1.15 bits per heavy atom. The Kier molecular flexibility index (Phi) is 6.74. The molecule has 3 rings (SSSR count). The molecule has 0 amide bonds. The summed E-state index contributed by atoms with van der Waals surface area (Å²) >= 11 is 0. The Balaban J connectivity index is 0.00000243. The third-order valence-electron chi connectivity index (χ3n) is 3.82. The summed E-state index contributed by atoms with van der Waals surface area (Å²) in [5.74, 6) is 3.73. The van der Waals surface area contributed by atoms with E-state index < -0.39 is 0 Å². The van der Waals surface area contributed by atoms with Gasteiger partial charge in [-0.25, -0.2) is 4.98 Å². The number of fused-ring (bicyclic) bond motifs is 1.